The molecule has 1 aliphatic heterocycles. The van der Waals surface area contributed by atoms with Gasteiger partial charge in [0.15, 0.2) is 6.61 Å². The largest absolute Gasteiger partial charge is 0.454 e. The van der Waals surface area contributed by atoms with Crippen LogP contribution in [0.3, 0.4) is 0 Å². The van der Waals surface area contributed by atoms with E-state index in [1.165, 1.54) is 0 Å². The summed E-state index contributed by atoms with van der Waals surface area (Å²) >= 11 is 0. The molecule has 1 atom stereocenters. The average Bonchev–Trinajstić information content (AvgIpc) is 2.84. The number of aryl methyl sites for hydroxylation is 2. The first-order valence-corrected chi connectivity index (χ1v) is 9.68. The van der Waals surface area contributed by atoms with E-state index in [1.54, 1.807) is 13.0 Å². The third-order valence-electron chi connectivity index (χ3n) is 4.87. The Bertz CT molecular complexity index is 821. The number of nitrogens with one attached hydrogen (secondary N) is 2. The molecule has 1 heterocycles. The van der Waals surface area contributed by atoms with Crippen molar-refractivity contribution in [2.45, 2.75) is 53.0 Å². The number of imide groups is 1. The van der Waals surface area contributed by atoms with Crippen LogP contribution in [0.25, 0.3) is 0 Å². The highest BCUT2D eigenvalue weighted by atomic mass is 16.5. The van der Waals surface area contributed by atoms with Crippen molar-refractivity contribution in [1.82, 2.24) is 10.2 Å². The van der Waals surface area contributed by atoms with Gasteiger partial charge in [0.25, 0.3) is 11.8 Å². The van der Waals surface area contributed by atoms with Crippen LogP contribution in [0, 0.1) is 19.8 Å². The summed E-state index contributed by atoms with van der Waals surface area (Å²) in [5.74, 6) is -1.40. The maximum absolute atomic E-state index is 12.6. The standard InChI is InChI=1S/C21H29N3O5/c1-13(2)8-9-21(5)19(27)24(20(28)23-21)11-18(26)29-12-17(25)22-16-7-6-14(3)10-15(16)4/h6-7,10,13H,8-9,11-12H2,1-5H3,(H,22,25)(H,23,28)/t21-/m1/s1. The molecule has 1 fully saturated rings. The molecule has 4 amide bonds. The molecule has 29 heavy (non-hydrogen) atoms. The van der Waals surface area contributed by atoms with Gasteiger partial charge in [-0.15, -0.1) is 0 Å². The topological polar surface area (TPSA) is 105 Å². The van der Waals surface area contributed by atoms with Crippen molar-refractivity contribution in [3.8, 4) is 0 Å². The Kier molecular flexibility index (Phi) is 7.00. The van der Waals surface area contributed by atoms with Crippen LogP contribution in [0.4, 0.5) is 10.5 Å². The van der Waals surface area contributed by atoms with Gasteiger partial charge in [-0.1, -0.05) is 31.5 Å². The van der Waals surface area contributed by atoms with E-state index in [9.17, 15) is 19.2 Å². The van der Waals surface area contributed by atoms with E-state index in [1.807, 2.05) is 39.8 Å². The predicted octanol–water partition coefficient (Wildman–Crippen LogP) is 2.53. The first-order valence-electron chi connectivity index (χ1n) is 9.68. The fourth-order valence-corrected chi connectivity index (χ4v) is 3.10. The second-order valence-electron chi connectivity index (χ2n) is 8.11. The molecular formula is C21H29N3O5. The number of hydrogen-bond donors (Lipinski definition) is 2. The number of carbonyl (C=O) groups excluding carboxylic acids is 4. The van der Waals surface area contributed by atoms with Gasteiger partial charge >= 0.3 is 12.0 Å². The number of rotatable bonds is 8. The van der Waals surface area contributed by atoms with Crippen LogP contribution in [0.1, 0.15) is 44.7 Å². The Morgan fingerprint density at radius 1 is 1.24 bits per heavy atom. The van der Waals surface area contributed by atoms with Crippen LogP contribution in [0.15, 0.2) is 18.2 Å². The molecule has 1 aromatic rings. The van der Waals surface area contributed by atoms with Gasteiger partial charge in [-0.25, -0.2) is 4.79 Å². The number of urea groups is 1. The number of anilines is 1. The molecule has 0 spiro atoms. The molecule has 8 heteroatoms. The summed E-state index contributed by atoms with van der Waals surface area (Å²) in [5, 5.41) is 5.32. The molecule has 0 bridgehead atoms. The quantitative estimate of drug-likeness (QED) is 0.513. The van der Waals surface area contributed by atoms with Gasteiger partial charge in [-0.05, 0) is 51.2 Å². The van der Waals surface area contributed by atoms with Gasteiger partial charge in [0.2, 0.25) is 0 Å². The third-order valence-corrected chi connectivity index (χ3v) is 4.87. The minimum absolute atomic E-state index is 0.381. The van der Waals surface area contributed by atoms with Crippen molar-refractivity contribution in [1.29, 1.82) is 0 Å². The molecule has 2 rings (SSSR count). The van der Waals surface area contributed by atoms with Gasteiger partial charge in [-0.2, -0.15) is 0 Å². The summed E-state index contributed by atoms with van der Waals surface area (Å²) in [6, 6.07) is 4.94. The first kappa shape index (κ1) is 22.4. The zero-order valence-corrected chi connectivity index (χ0v) is 17.6. The number of ether oxygens (including phenoxy) is 1. The number of benzene rings is 1. The van der Waals surface area contributed by atoms with Crippen LogP contribution in [0.5, 0.6) is 0 Å². The molecule has 0 saturated carbocycles. The Morgan fingerprint density at radius 2 is 1.93 bits per heavy atom. The summed E-state index contributed by atoms with van der Waals surface area (Å²) in [6.07, 6.45) is 1.25. The number of esters is 1. The lowest BCUT2D eigenvalue weighted by Crippen LogP contribution is -2.44. The normalized spacial score (nSPS) is 18.8. The monoisotopic (exact) mass is 403 g/mol. The first-order chi connectivity index (χ1) is 13.5. The van der Waals surface area contributed by atoms with Crippen molar-refractivity contribution in [2.75, 3.05) is 18.5 Å². The van der Waals surface area contributed by atoms with Crippen molar-refractivity contribution in [3.05, 3.63) is 29.3 Å². The van der Waals surface area contributed by atoms with Crippen LogP contribution in [-0.4, -0.2) is 47.4 Å². The third kappa shape index (κ3) is 5.79. The number of carbonyl (C=O) groups is 4. The summed E-state index contributed by atoms with van der Waals surface area (Å²) < 4.78 is 4.94. The molecule has 158 valence electrons. The minimum Gasteiger partial charge on any atom is -0.454 e. The highest BCUT2D eigenvalue weighted by Crippen LogP contribution is 2.24. The van der Waals surface area contributed by atoms with Gasteiger partial charge in [-0.3, -0.25) is 19.3 Å². The van der Waals surface area contributed by atoms with Gasteiger partial charge < -0.3 is 15.4 Å². The Labute approximate surface area is 171 Å². The molecular weight excluding hydrogens is 374 g/mol. The van der Waals surface area contributed by atoms with Gasteiger partial charge in [0.1, 0.15) is 12.1 Å². The maximum Gasteiger partial charge on any atom is 0.326 e. The smallest absolute Gasteiger partial charge is 0.326 e. The molecule has 0 unspecified atom stereocenters. The molecule has 2 N–H and O–H groups in total. The van der Waals surface area contributed by atoms with E-state index in [-0.39, 0.29) is 0 Å². The van der Waals surface area contributed by atoms with Crippen molar-refractivity contribution in [3.63, 3.8) is 0 Å². The fourth-order valence-electron chi connectivity index (χ4n) is 3.10. The minimum atomic E-state index is -1.03. The number of hydrogen-bond acceptors (Lipinski definition) is 5. The number of amides is 4. The van der Waals surface area contributed by atoms with Crippen LogP contribution >= 0.6 is 0 Å². The lowest BCUT2D eigenvalue weighted by molar-refractivity contribution is -0.150. The summed E-state index contributed by atoms with van der Waals surface area (Å²) in [5.41, 5.74) is 1.57. The van der Waals surface area contributed by atoms with E-state index >= 15 is 0 Å². The Balaban J connectivity index is 1.86. The Morgan fingerprint density at radius 3 is 2.55 bits per heavy atom. The Hall–Kier alpha value is -2.90. The fraction of sp³-hybridized carbons (Fsp3) is 0.524. The zero-order valence-electron chi connectivity index (χ0n) is 17.6. The van der Waals surface area contributed by atoms with Crippen LogP contribution in [0.2, 0.25) is 0 Å². The van der Waals surface area contributed by atoms with Gasteiger partial charge in [0.05, 0.1) is 0 Å². The summed E-state index contributed by atoms with van der Waals surface area (Å²) in [6.45, 7) is 8.50. The van der Waals surface area contributed by atoms with Crippen LogP contribution in [-0.2, 0) is 19.1 Å². The van der Waals surface area contributed by atoms with Crippen molar-refractivity contribution in [2.24, 2.45) is 5.92 Å². The number of nitrogens with zero attached hydrogens (tertiary/aromatic N) is 1. The highest BCUT2D eigenvalue weighted by Gasteiger charge is 2.48. The lowest BCUT2D eigenvalue weighted by atomic mass is 9.92. The SMILES string of the molecule is Cc1ccc(NC(=O)COC(=O)CN2C(=O)N[C@](C)(CCC(C)C)C2=O)c(C)c1. The van der Waals surface area contributed by atoms with E-state index in [2.05, 4.69) is 10.6 Å². The van der Waals surface area contributed by atoms with E-state index < -0.39 is 42.5 Å². The highest BCUT2D eigenvalue weighted by molar-refractivity contribution is 6.08. The second kappa shape index (κ2) is 9.07. The molecule has 0 radical (unpaired) electrons. The molecule has 1 saturated heterocycles. The second-order valence-corrected chi connectivity index (χ2v) is 8.11. The molecule has 8 nitrogen and oxygen atoms in total. The van der Waals surface area contributed by atoms with E-state index in [4.69, 9.17) is 4.74 Å². The van der Waals surface area contributed by atoms with Crippen molar-refractivity contribution < 1.29 is 23.9 Å². The molecule has 1 aromatic carbocycles. The van der Waals surface area contributed by atoms with Crippen molar-refractivity contribution >= 4 is 29.5 Å². The molecule has 1 aliphatic rings. The van der Waals surface area contributed by atoms with E-state index in [0.29, 0.717) is 18.0 Å². The predicted molar refractivity (Wildman–Crippen MR) is 108 cm³/mol. The summed E-state index contributed by atoms with van der Waals surface area (Å²) in [7, 11) is 0. The molecule has 0 aromatic heterocycles. The maximum atomic E-state index is 12.6. The average molecular weight is 403 g/mol. The summed E-state index contributed by atoms with van der Waals surface area (Å²) in [4.78, 5) is 49.6. The van der Waals surface area contributed by atoms with Crippen LogP contribution < -0.4 is 10.6 Å². The van der Waals surface area contributed by atoms with E-state index in [0.717, 1.165) is 22.4 Å². The van der Waals surface area contributed by atoms with Gasteiger partial charge in [0, 0.05) is 5.69 Å². The molecule has 0 aliphatic carbocycles. The zero-order chi connectivity index (χ0) is 21.8. The lowest BCUT2D eigenvalue weighted by Gasteiger charge is -2.22.